The van der Waals surface area contributed by atoms with Crippen molar-refractivity contribution in [3.05, 3.63) is 34.3 Å². The van der Waals surface area contributed by atoms with Gasteiger partial charge in [-0.05, 0) is 19.1 Å². The minimum Gasteiger partial charge on any atom is -0.453 e. The van der Waals surface area contributed by atoms with E-state index in [4.69, 9.17) is 4.74 Å². The Morgan fingerprint density at radius 2 is 2.05 bits per heavy atom. The highest BCUT2D eigenvalue weighted by molar-refractivity contribution is 9.10. The van der Waals surface area contributed by atoms with Gasteiger partial charge in [0.2, 0.25) is 5.78 Å². The summed E-state index contributed by atoms with van der Waals surface area (Å²) in [5.74, 6) is -0.152. The van der Waals surface area contributed by atoms with E-state index >= 15 is 0 Å². The number of hydrogen-bond donors (Lipinski definition) is 0. The molecule has 0 spiro atoms. The lowest BCUT2D eigenvalue weighted by molar-refractivity contribution is -0.146. The molecule has 1 fully saturated rings. The molecule has 5 nitrogen and oxygen atoms in total. The SMILES string of the molecule is C[C@@H](OC(=O)CN1CCSC1=O)C(=O)c1ccc(Br)cc1. The van der Waals surface area contributed by atoms with Crippen molar-refractivity contribution < 1.29 is 19.1 Å². The highest BCUT2D eigenvalue weighted by Crippen LogP contribution is 2.17. The van der Waals surface area contributed by atoms with Gasteiger partial charge in [0.15, 0.2) is 6.10 Å². The Hall–Kier alpha value is -1.34. The van der Waals surface area contributed by atoms with Gasteiger partial charge in [-0.3, -0.25) is 14.4 Å². The molecule has 2 rings (SSSR count). The van der Waals surface area contributed by atoms with E-state index in [1.54, 1.807) is 24.3 Å². The number of nitrogens with zero attached hydrogens (tertiary/aromatic N) is 1. The molecular weight excluding hydrogens is 358 g/mol. The Kier molecular flexibility index (Phi) is 5.41. The first-order valence-electron chi connectivity index (χ1n) is 6.38. The molecule has 21 heavy (non-hydrogen) atoms. The lowest BCUT2D eigenvalue weighted by Crippen LogP contribution is -2.34. The number of esters is 1. The summed E-state index contributed by atoms with van der Waals surface area (Å²) in [5.41, 5.74) is 0.478. The molecule has 0 aliphatic carbocycles. The van der Waals surface area contributed by atoms with Crippen molar-refractivity contribution in [3.8, 4) is 0 Å². The summed E-state index contributed by atoms with van der Waals surface area (Å²) in [6, 6.07) is 6.83. The van der Waals surface area contributed by atoms with Crippen LogP contribution >= 0.6 is 27.7 Å². The van der Waals surface area contributed by atoms with Crippen molar-refractivity contribution in [1.29, 1.82) is 0 Å². The Bertz CT molecular complexity index is 561. The maximum absolute atomic E-state index is 12.1. The van der Waals surface area contributed by atoms with Crippen molar-refractivity contribution in [2.45, 2.75) is 13.0 Å². The molecule has 0 bridgehead atoms. The second-order valence-corrected chi connectivity index (χ2v) is 6.50. The van der Waals surface area contributed by atoms with Gasteiger partial charge in [-0.2, -0.15) is 0 Å². The first kappa shape index (κ1) is 16.0. The van der Waals surface area contributed by atoms with Gasteiger partial charge >= 0.3 is 5.97 Å². The summed E-state index contributed by atoms with van der Waals surface area (Å²) >= 11 is 4.47. The molecule has 1 aromatic rings. The average molecular weight is 372 g/mol. The zero-order valence-electron chi connectivity index (χ0n) is 11.4. The smallest absolute Gasteiger partial charge is 0.326 e. The number of ketones is 1. The van der Waals surface area contributed by atoms with Crippen LogP contribution < -0.4 is 0 Å². The Labute approximate surface area is 135 Å². The zero-order chi connectivity index (χ0) is 15.4. The quantitative estimate of drug-likeness (QED) is 0.588. The number of rotatable bonds is 5. The van der Waals surface area contributed by atoms with Gasteiger partial charge in [-0.15, -0.1) is 0 Å². The molecule has 1 atom stereocenters. The fraction of sp³-hybridized carbons (Fsp3) is 0.357. The van der Waals surface area contributed by atoms with E-state index in [2.05, 4.69) is 15.9 Å². The van der Waals surface area contributed by atoms with Crippen molar-refractivity contribution in [2.75, 3.05) is 18.8 Å². The second kappa shape index (κ2) is 7.09. The van der Waals surface area contributed by atoms with Crippen LogP contribution in [-0.4, -0.2) is 46.8 Å². The van der Waals surface area contributed by atoms with E-state index in [1.165, 1.54) is 23.6 Å². The fourth-order valence-electron chi connectivity index (χ4n) is 1.86. The van der Waals surface area contributed by atoms with Crippen molar-refractivity contribution >= 4 is 44.7 Å². The number of benzene rings is 1. The lowest BCUT2D eigenvalue weighted by atomic mass is 10.1. The standard InChI is InChI=1S/C14H14BrNO4S/c1-9(13(18)10-2-4-11(15)5-3-10)20-12(17)8-16-6-7-21-14(16)19/h2-5,9H,6-8H2,1H3/t9-/m1/s1. The number of halogens is 1. The Morgan fingerprint density at radius 1 is 1.38 bits per heavy atom. The molecule has 112 valence electrons. The van der Waals surface area contributed by atoms with Crippen molar-refractivity contribution in [1.82, 2.24) is 4.90 Å². The number of carbonyl (C=O) groups excluding carboxylic acids is 3. The fourth-order valence-corrected chi connectivity index (χ4v) is 2.95. The van der Waals surface area contributed by atoms with Gasteiger partial charge in [0.05, 0.1) is 0 Å². The summed E-state index contributed by atoms with van der Waals surface area (Å²) in [7, 11) is 0. The molecular formula is C14H14BrNO4S. The predicted molar refractivity (Wildman–Crippen MR) is 83.5 cm³/mol. The average Bonchev–Trinajstić information content (AvgIpc) is 2.84. The van der Waals surface area contributed by atoms with Crippen molar-refractivity contribution in [2.24, 2.45) is 0 Å². The molecule has 1 amide bonds. The number of amides is 1. The van der Waals surface area contributed by atoms with Crippen LogP contribution in [0.5, 0.6) is 0 Å². The molecule has 1 aromatic carbocycles. The van der Waals surface area contributed by atoms with Gasteiger partial charge in [-0.1, -0.05) is 39.8 Å². The molecule has 0 saturated carbocycles. The maximum atomic E-state index is 12.1. The molecule has 0 unspecified atom stereocenters. The van der Waals surface area contributed by atoms with Crippen LogP contribution in [0.1, 0.15) is 17.3 Å². The first-order valence-corrected chi connectivity index (χ1v) is 8.16. The number of ether oxygens (including phenoxy) is 1. The van der Waals surface area contributed by atoms with Gasteiger partial charge in [-0.25, -0.2) is 0 Å². The molecule has 1 aliphatic heterocycles. The van der Waals surface area contributed by atoms with Gasteiger partial charge in [0.1, 0.15) is 6.54 Å². The number of thioether (sulfide) groups is 1. The van der Waals surface area contributed by atoms with E-state index in [9.17, 15) is 14.4 Å². The molecule has 0 N–H and O–H groups in total. The van der Waals surface area contributed by atoms with E-state index < -0.39 is 12.1 Å². The van der Waals surface area contributed by atoms with Crippen LogP contribution in [0.2, 0.25) is 0 Å². The van der Waals surface area contributed by atoms with Crippen LogP contribution in [-0.2, 0) is 9.53 Å². The summed E-state index contributed by atoms with van der Waals surface area (Å²) in [5, 5.41) is -0.126. The van der Waals surface area contributed by atoms with E-state index in [1.807, 2.05) is 0 Å². The summed E-state index contributed by atoms with van der Waals surface area (Å²) in [6.45, 7) is 1.96. The molecule has 1 saturated heterocycles. The van der Waals surface area contributed by atoms with Gasteiger partial charge in [0.25, 0.3) is 5.24 Å². The number of Topliss-reactive ketones (excluding diaryl/α,β-unsaturated/α-hetero) is 1. The van der Waals surface area contributed by atoms with Crippen LogP contribution in [0.15, 0.2) is 28.7 Å². The van der Waals surface area contributed by atoms with Crippen LogP contribution in [0.3, 0.4) is 0 Å². The van der Waals surface area contributed by atoms with Gasteiger partial charge < -0.3 is 9.64 Å². The first-order chi connectivity index (χ1) is 9.97. The Morgan fingerprint density at radius 3 is 2.62 bits per heavy atom. The number of hydrogen-bond acceptors (Lipinski definition) is 5. The van der Waals surface area contributed by atoms with Gasteiger partial charge in [0, 0.05) is 22.3 Å². The largest absolute Gasteiger partial charge is 0.453 e. The molecule has 1 heterocycles. The summed E-state index contributed by atoms with van der Waals surface area (Å²) in [4.78, 5) is 36.7. The third-order valence-electron chi connectivity index (χ3n) is 2.97. The van der Waals surface area contributed by atoms with Crippen molar-refractivity contribution in [3.63, 3.8) is 0 Å². The van der Waals surface area contributed by atoms with E-state index in [0.717, 1.165) is 4.47 Å². The Balaban J connectivity index is 1.89. The van der Waals surface area contributed by atoms with Crippen LogP contribution in [0.4, 0.5) is 4.79 Å². The molecule has 7 heteroatoms. The monoisotopic (exact) mass is 371 g/mol. The topological polar surface area (TPSA) is 63.7 Å². The summed E-state index contributed by atoms with van der Waals surface area (Å²) in [6.07, 6.45) is -0.871. The molecule has 1 aliphatic rings. The normalized spacial score (nSPS) is 15.9. The van der Waals surface area contributed by atoms with E-state index in [-0.39, 0.29) is 17.6 Å². The predicted octanol–water partition coefficient (Wildman–Crippen LogP) is 2.73. The number of carbonyl (C=O) groups is 3. The zero-order valence-corrected chi connectivity index (χ0v) is 13.8. The molecule has 0 aromatic heterocycles. The lowest BCUT2D eigenvalue weighted by Gasteiger charge is -2.16. The summed E-state index contributed by atoms with van der Waals surface area (Å²) < 4.78 is 5.97. The van der Waals surface area contributed by atoms with Crippen LogP contribution in [0, 0.1) is 0 Å². The van der Waals surface area contributed by atoms with Crippen LogP contribution in [0.25, 0.3) is 0 Å². The minimum atomic E-state index is -0.871. The highest BCUT2D eigenvalue weighted by Gasteiger charge is 2.26. The maximum Gasteiger partial charge on any atom is 0.326 e. The second-order valence-electron chi connectivity index (χ2n) is 4.54. The molecule has 0 radical (unpaired) electrons. The minimum absolute atomic E-state index is 0.107. The third kappa shape index (κ3) is 4.31. The third-order valence-corrected chi connectivity index (χ3v) is 4.39. The highest BCUT2D eigenvalue weighted by atomic mass is 79.9. The van der Waals surface area contributed by atoms with E-state index in [0.29, 0.717) is 17.9 Å².